The Kier molecular flexibility index (Phi) is 2.35. The zero-order chi connectivity index (χ0) is 13.6. The molecule has 2 aromatic heterocycles. The zero-order valence-electron chi connectivity index (χ0n) is 10.2. The van der Waals surface area contributed by atoms with E-state index in [1.165, 1.54) is 0 Å². The van der Waals surface area contributed by atoms with Crippen molar-refractivity contribution in [3.05, 3.63) is 41.7 Å². The standard InChI is InChI=1S/C14H10N2O3/c1-7-6-8-2-3-10-9(4-5-15-10)12(8)16-11(7)13(17)14(18)19/h2-6,15H,1H3,(H,18,19)/p+1. The van der Waals surface area contributed by atoms with Crippen LogP contribution in [-0.2, 0) is 4.79 Å². The third-order valence-electron chi connectivity index (χ3n) is 3.20. The molecule has 0 bridgehead atoms. The topological polar surface area (TPSA) is 84.3 Å². The van der Waals surface area contributed by atoms with Gasteiger partial charge in [0, 0.05) is 17.1 Å². The van der Waals surface area contributed by atoms with Crippen molar-refractivity contribution in [2.24, 2.45) is 0 Å². The van der Waals surface area contributed by atoms with Crippen molar-refractivity contribution in [2.45, 2.75) is 6.92 Å². The fourth-order valence-electron chi connectivity index (χ4n) is 2.28. The summed E-state index contributed by atoms with van der Waals surface area (Å²) in [6, 6.07) is 7.57. The molecule has 5 heteroatoms. The van der Waals surface area contributed by atoms with E-state index in [0.717, 1.165) is 21.8 Å². The first-order valence-electron chi connectivity index (χ1n) is 5.78. The molecule has 5 nitrogen and oxygen atoms in total. The maximum Gasteiger partial charge on any atom is 0.383 e. The molecule has 19 heavy (non-hydrogen) atoms. The summed E-state index contributed by atoms with van der Waals surface area (Å²) in [6.45, 7) is 1.72. The number of hydrogen-bond donors (Lipinski definition) is 2. The number of carboxylic acids is 1. The molecule has 0 aliphatic carbocycles. The lowest BCUT2D eigenvalue weighted by molar-refractivity contribution is -0.348. The van der Waals surface area contributed by atoms with Crippen LogP contribution in [0, 0.1) is 6.92 Å². The van der Waals surface area contributed by atoms with Crippen LogP contribution >= 0.6 is 0 Å². The fraction of sp³-hybridized carbons (Fsp3) is 0.0714. The van der Waals surface area contributed by atoms with E-state index in [1.807, 2.05) is 24.3 Å². The number of Topliss-reactive ketones (excluding diaryl/α,β-unsaturated/α-hetero) is 1. The largest absolute Gasteiger partial charge is 0.475 e. The van der Waals surface area contributed by atoms with E-state index in [-0.39, 0.29) is 5.69 Å². The summed E-state index contributed by atoms with van der Waals surface area (Å²) in [7, 11) is 0. The summed E-state index contributed by atoms with van der Waals surface area (Å²) in [5.41, 5.74) is 2.43. The van der Waals surface area contributed by atoms with Crippen LogP contribution in [0.25, 0.3) is 21.8 Å². The van der Waals surface area contributed by atoms with Crippen molar-refractivity contribution in [1.29, 1.82) is 0 Å². The molecule has 3 aromatic rings. The normalized spacial score (nSPS) is 11.0. The molecule has 0 aliphatic rings. The number of ketones is 1. The lowest BCUT2D eigenvalue weighted by Gasteiger charge is -1.99. The highest BCUT2D eigenvalue weighted by molar-refractivity contribution is 6.39. The average Bonchev–Trinajstić information content (AvgIpc) is 2.85. The Morgan fingerprint density at radius 2 is 2.05 bits per heavy atom. The second-order valence-electron chi connectivity index (χ2n) is 4.43. The van der Waals surface area contributed by atoms with Gasteiger partial charge < -0.3 is 10.1 Å². The molecule has 0 atom stereocenters. The minimum Gasteiger partial charge on any atom is -0.475 e. The van der Waals surface area contributed by atoms with E-state index in [2.05, 4.69) is 9.97 Å². The highest BCUT2D eigenvalue weighted by atomic mass is 16.4. The van der Waals surface area contributed by atoms with Gasteiger partial charge in [0.2, 0.25) is 5.52 Å². The van der Waals surface area contributed by atoms with E-state index < -0.39 is 11.8 Å². The molecular formula is C14H11N2O3+. The van der Waals surface area contributed by atoms with Crippen molar-refractivity contribution in [3.63, 3.8) is 0 Å². The first kappa shape index (κ1) is 11.4. The smallest absolute Gasteiger partial charge is 0.383 e. The highest BCUT2D eigenvalue weighted by Gasteiger charge is 2.25. The molecule has 0 amide bonds. The van der Waals surface area contributed by atoms with Gasteiger partial charge in [0.15, 0.2) is 0 Å². The molecule has 1 aromatic carbocycles. The highest BCUT2D eigenvalue weighted by Crippen LogP contribution is 2.22. The van der Waals surface area contributed by atoms with Crippen LogP contribution in [0.3, 0.4) is 0 Å². The van der Waals surface area contributed by atoms with Gasteiger partial charge in [-0.25, -0.2) is 9.78 Å². The molecule has 0 saturated heterocycles. The summed E-state index contributed by atoms with van der Waals surface area (Å²) in [4.78, 5) is 28.5. The maximum absolute atomic E-state index is 11.6. The number of carboxylic acid groups (broad SMARTS) is 1. The summed E-state index contributed by atoms with van der Waals surface area (Å²) in [6.07, 6.45) is 1.80. The molecule has 0 fully saturated rings. The Balaban J connectivity index is 2.38. The van der Waals surface area contributed by atoms with Gasteiger partial charge in [-0.05, 0) is 31.2 Å². The molecule has 0 spiro atoms. The number of rotatable bonds is 2. The minimum absolute atomic E-state index is 0.119. The third-order valence-corrected chi connectivity index (χ3v) is 3.20. The number of hydrogen-bond acceptors (Lipinski definition) is 2. The number of nitrogens with one attached hydrogen (secondary N) is 2. The molecule has 0 saturated carbocycles. The summed E-state index contributed by atoms with van der Waals surface area (Å²) >= 11 is 0. The molecule has 0 radical (unpaired) electrons. The summed E-state index contributed by atoms with van der Waals surface area (Å²) < 4.78 is 0. The molecule has 3 N–H and O–H groups in total. The van der Waals surface area contributed by atoms with E-state index in [4.69, 9.17) is 5.11 Å². The molecule has 0 unspecified atom stereocenters. The number of carbonyl (C=O) groups excluding carboxylic acids is 1. The summed E-state index contributed by atoms with van der Waals surface area (Å²) in [5.74, 6) is -2.38. The van der Waals surface area contributed by atoms with Gasteiger partial charge in [0.1, 0.15) is 0 Å². The van der Waals surface area contributed by atoms with E-state index in [9.17, 15) is 9.59 Å². The van der Waals surface area contributed by atoms with Crippen LogP contribution in [0.5, 0.6) is 0 Å². The second-order valence-corrected chi connectivity index (χ2v) is 4.43. The average molecular weight is 255 g/mol. The van der Waals surface area contributed by atoms with Gasteiger partial charge in [-0.15, -0.1) is 0 Å². The number of pyridine rings is 1. The molecule has 0 aliphatic heterocycles. The van der Waals surface area contributed by atoms with Crippen LogP contribution in [0.2, 0.25) is 0 Å². The summed E-state index contributed by atoms with van der Waals surface area (Å²) in [5, 5.41) is 10.7. The van der Waals surface area contributed by atoms with Crippen molar-refractivity contribution < 1.29 is 19.7 Å². The Hall–Kier alpha value is -2.69. The van der Waals surface area contributed by atoms with E-state index in [1.54, 1.807) is 13.1 Å². The number of H-pyrrole nitrogens is 2. The van der Waals surface area contributed by atoms with Crippen molar-refractivity contribution >= 4 is 33.6 Å². The first-order valence-corrected chi connectivity index (χ1v) is 5.78. The number of fused-ring (bicyclic) bond motifs is 3. The molecule has 94 valence electrons. The zero-order valence-corrected chi connectivity index (χ0v) is 10.2. The molecular weight excluding hydrogens is 244 g/mol. The molecule has 2 heterocycles. The third kappa shape index (κ3) is 1.67. The van der Waals surface area contributed by atoms with Crippen LogP contribution in [0.4, 0.5) is 0 Å². The Morgan fingerprint density at radius 1 is 1.26 bits per heavy atom. The van der Waals surface area contributed by atoms with Crippen molar-refractivity contribution in [2.75, 3.05) is 0 Å². The van der Waals surface area contributed by atoms with Gasteiger partial charge in [-0.1, -0.05) is 0 Å². The molecule has 3 rings (SSSR count). The fourth-order valence-corrected chi connectivity index (χ4v) is 2.28. The van der Waals surface area contributed by atoms with Crippen LogP contribution < -0.4 is 4.98 Å². The number of benzene rings is 1. The van der Waals surface area contributed by atoms with Gasteiger partial charge in [0.05, 0.1) is 10.9 Å². The second kappa shape index (κ2) is 3.91. The Labute approximate surface area is 107 Å². The van der Waals surface area contributed by atoms with Crippen LogP contribution in [0.1, 0.15) is 16.1 Å². The van der Waals surface area contributed by atoms with Crippen molar-refractivity contribution in [3.8, 4) is 0 Å². The number of carbonyl (C=O) groups is 2. The maximum atomic E-state index is 11.6. The lowest BCUT2D eigenvalue weighted by atomic mass is 10.1. The van der Waals surface area contributed by atoms with Gasteiger partial charge in [-0.2, -0.15) is 0 Å². The predicted octanol–water partition coefficient (Wildman–Crippen LogP) is 1.71. The lowest BCUT2D eigenvalue weighted by Crippen LogP contribution is -2.25. The Bertz CT molecular complexity index is 833. The minimum atomic E-state index is -1.46. The number of aromatic nitrogens is 2. The van der Waals surface area contributed by atoms with Gasteiger partial charge in [0.25, 0.3) is 5.69 Å². The quantitative estimate of drug-likeness (QED) is 0.540. The first-order chi connectivity index (χ1) is 9.08. The van der Waals surface area contributed by atoms with Gasteiger partial charge in [-0.3, -0.25) is 4.79 Å². The van der Waals surface area contributed by atoms with Crippen molar-refractivity contribution in [1.82, 2.24) is 4.98 Å². The van der Waals surface area contributed by atoms with Crippen LogP contribution in [-0.4, -0.2) is 21.8 Å². The Morgan fingerprint density at radius 3 is 2.79 bits per heavy atom. The van der Waals surface area contributed by atoms with E-state index >= 15 is 0 Å². The van der Waals surface area contributed by atoms with Gasteiger partial charge >= 0.3 is 11.8 Å². The monoisotopic (exact) mass is 255 g/mol. The SMILES string of the molecule is Cc1cc2ccc3[nH]ccc3c2[nH+]c1C(=O)C(=O)O. The number of aliphatic carboxylic acids is 1. The predicted molar refractivity (Wildman–Crippen MR) is 69.1 cm³/mol. The number of aromatic amines is 2. The van der Waals surface area contributed by atoms with Crippen LogP contribution in [0.15, 0.2) is 30.5 Å². The number of aryl methyl sites for hydroxylation is 1. The van der Waals surface area contributed by atoms with E-state index in [0.29, 0.717) is 5.56 Å².